The molecule has 4 N–H and O–H groups in total. The second-order valence-electron chi connectivity index (χ2n) is 4.24. The molecule has 0 aromatic heterocycles. The van der Waals surface area contributed by atoms with Crippen LogP contribution in [0.2, 0.25) is 0 Å². The van der Waals surface area contributed by atoms with Crippen LogP contribution in [0.5, 0.6) is 0 Å². The Labute approximate surface area is 111 Å². The Hall–Kier alpha value is -0.790. The van der Waals surface area contributed by atoms with E-state index in [0.717, 1.165) is 12.8 Å². The van der Waals surface area contributed by atoms with Gasteiger partial charge in [0.15, 0.2) is 0 Å². The van der Waals surface area contributed by atoms with Crippen LogP contribution >= 0.6 is 11.8 Å². The van der Waals surface area contributed by atoms with Gasteiger partial charge in [-0.3, -0.25) is 9.59 Å². The Morgan fingerprint density at radius 2 is 2.11 bits per heavy atom. The topological polar surface area (TPSA) is 102 Å². The first-order valence-corrected chi connectivity index (χ1v) is 7.18. The highest BCUT2D eigenvalue weighted by Gasteiger charge is 2.16. The van der Waals surface area contributed by atoms with Gasteiger partial charge in [0.05, 0.1) is 5.75 Å². The van der Waals surface area contributed by atoms with Crippen molar-refractivity contribution >= 4 is 23.6 Å². The lowest BCUT2D eigenvalue weighted by molar-refractivity contribution is -0.138. The van der Waals surface area contributed by atoms with Gasteiger partial charge in [-0.05, 0) is 25.0 Å². The van der Waals surface area contributed by atoms with Crippen LogP contribution < -0.4 is 11.1 Å². The molecular formula is C11H20N2O4S. The Morgan fingerprint density at radius 3 is 2.72 bits per heavy atom. The molecule has 0 saturated carbocycles. The maximum Gasteiger partial charge on any atom is 0.320 e. The van der Waals surface area contributed by atoms with Crippen molar-refractivity contribution in [3.05, 3.63) is 0 Å². The van der Waals surface area contributed by atoms with E-state index >= 15 is 0 Å². The molecular weight excluding hydrogens is 256 g/mol. The van der Waals surface area contributed by atoms with E-state index in [1.165, 1.54) is 11.8 Å². The summed E-state index contributed by atoms with van der Waals surface area (Å²) in [6, 6.07) is -0.621. The number of thioether (sulfide) groups is 1. The molecule has 0 aromatic carbocycles. The molecule has 1 atom stereocenters. The fourth-order valence-electron chi connectivity index (χ4n) is 1.61. The fourth-order valence-corrected chi connectivity index (χ4v) is 2.44. The van der Waals surface area contributed by atoms with Gasteiger partial charge >= 0.3 is 5.97 Å². The number of carboxylic acids is 1. The normalized spacial score (nSPS) is 18.3. The molecule has 0 bridgehead atoms. The predicted octanol–water partition coefficient (Wildman–Crippen LogP) is -0.183. The summed E-state index contributed by atoms with van der Waals surface area (Å²) in [6.45, 7) is 1.40. The lowest BCUT2D eigenvalue weighted by Crippen LogP contribution is -2.39. The third-order valence-electron chi connectivity index (χ3n) is 2.71. The average Bonchev–Trinajstić information content (AvgIpc) is 2.35. The molecule has 0 aromatic rings. The van der Waals surface area contributed by atoms with Crippen LogP contribution in [0.4, 0.5) is 0 Å². The van der Waals surface area contributed by atoms with Gasteiger partial charge in [0.25, 0.3) is 0 Å². The van der Waals surface area contributed by atoms with Crippen LogP contribution in [0.3, 0.4) is 0 Å². The predicted molar refractivity (Wildman–Crippen MR) is 69.5 cm³/mol. The van der Waals surface area contributed by atoms with Crippen molar-refractivity contribution in [1.82, 2.24) is 5.32 Å². The van der Waals surface area contributed by atoms with Crippen molar-refractivity contribution in [2.45, 2.75) is 31.3 Å². The highest BCUT2D eigenvalue weighted by atomic mass is 32.2. The number of carbonyl (C=O) groups excluding carboxylic acids is 1. The number of hydrogen-bond acceptors (Lipinski definition) is 5. The van der Waals surface area contributed by atoms with Crippen LogP contribution in [-0.2, 0) is 14.3 Å². The molecule has 1 heterocycles. The summed E-state index contributed by atoms with van der Waals surface area (Å²) in [5.41, 5.74) is 5.36. The van der Waals surface area contributed by atoms with Crippen LogP contribution in [0, 0.1) is 0 Å². The van der Waals surface area contributed by atoms with E-state index in [9.17, 15) is 9.59 Å². The lowest BCUT2D eigenvalue weighted by atomic mass is 10.1. The molecule has 0 aliphatic carbocycles. The van der Waals surface area contributed by atoms with Crippen molar-refractivity contribution in [2.24, 2.45) is 5.73 Å². The molecule has 1 aliphatic heterocycles. The molecule has 0 radical (unpaired) electrons. The SMILES string of the molecule is NC(CCSCC(=O)NC1CCOCC1)C(=O)O. The van der Waals surface area contributed by atoms with Crippen molar-refractivity contribution in [3.63, 3.8) is 0 Å². The number of rotatable bonds is 7. The first-order valence-electron chi connectivity index (χ1n) is 6.03. The smallest absolute Gasteiger partial charge is 0.320 e. The number of ether oxygens (including phenoxy) is 1. The third kappa shape index (κ3) is 6.23. The van der Waals surface area contributed by atoms with Crippen LogP contribution in [0.1, 0.15) is 19.3 Å². The highest BCUT2D eigenvalue weighted by Crippen LogP contribution is 2.08. The second-order valence-corrected chi connectivity index (χ2v) is 5.35. The Balaban J connectivity index is 2.04. The highest BCUT2D eigenvalue weighted by molar-refractivity contribution is 7.99. The monoisotopic (exact) mass is 276 g/mol. The summed E-state index contributed by atoms with van der Waals surface area (Å²) in [5, 5.41) is 11.5. The minimum atomic E-state index is -0.998. The summed E-state index contributed by atoms with van der Waals surface area (Å²) in [7, 11) is 0. The maximum atomic E-state index is 11.6. The first kappa shape index (κ1) is 15.3. The van der Waals surface area contributed by atoms with Gasteiger partial charge in [0.2, 0.25) is 5.91 Å². The molecule has 0 spiro atoms. The zero-order chi connectivity index (χ0) is 13.4. The van der Waals surface area contributed by atoms with E-state index < -0.39 is 12.0 Å². The van der Waals surface area contributed by atoms with Crippen molar-refractivity contribution < 1.29 is 19.4 Å². The molecule has 1 rings (SSSR count). The van der Waals surface area contributed by atoms with Crippen LogP contribution in [0.15, 0.2) is 0 Å². The zero-order valence-electron chi connectivity index (χ0n) is 10.3. The number of amides is 1. The lowest BCUT2D eigenvalue weighted by Gasteiger charge is -2.23. The molecule has 1 aliphatic rings. The summed E-state index contributed by atoms with van der Waals surface area (Å²) in [6.07, 6.45) is 2.10. The maximum absolute atomic E-state index is 11.6. The second kappa shape index (κ2) is 8.34. The quantitative estimate of drug-likeness (QED) is 0.557. The Morgan fingerprint density at radius 1 is 1.44 bits per heavy atom. The van der Waals surface area contributed by atoms with Crippen molar-refractivity contribution in [1.29, 1.82) is 0 Å². The Kier molecular flexibility index (Phi) is 7.07. The average molecular weight is 276 g/mol. The molecule has 18 heavy (non-hydrogen) atoms. The first-order chi connectivity index (χ1) is 8.59. The molecule has 1 amide bonds. The van der Waals surface area contributed by atoms with Gasteiger partial charge in [0, 0.05) is 19.3 Å². The van der Waals surface area contributed by atoms with E-state index in [-0.39, 0.29) is 11.9 Å². The molecule has 6 nitrogen and oxygen atoms in total. The van der Waals surface area contributed by atoms with E-state index in [0.29, 0.717) is 31.1 Å². The van der Waals surface area contributed by atoms with Gasteiger partial charge in [-0.1, -0.05) is 0 Å². The summed E-state index contributed by atoms with van der Waals surface area (Å²) < 4.78 is 5.20. The summed E-state index contributed by atoms with van der Waals surface area (Å²) in [5.74, 6) is -0.0729. The van der Waals surface area contributed by atoms with Crippen LogP contribution in [-0.4, -0.2) is 53.8 Å². The molecule has 1 saturated heterocycles. The van der Waals surface area contributed by atoms with E-state index in [1.54, 1.807) is 0 Å². The number of nitrogens with two attached hydrogens (primary N) is 1. The third-order valence-corrected chi connectivity index (χ3v) is 3.70. The molecule has 1 fully saturated rings. The molecule has 1 unspecified atom stereocenters. The fraction of sp³-hybridized carbons (Fsp3) is 0.818. The van der Waals surface area contributed by atoms with Gasteiger partial charge < -0.3 is 20.9 Å². The number of carbonyl (C=O) groups is 2. The molecule has 7 heteroatoms. The standard InChI is InChI=1S/C11H20N2O4S/c12-9(11(15)16)3-6-18-7-10(14)13-8-1-4-17-5-2-8/h8-9H,1-7,12H2,(H,13,14)(H,15,16). The number of carboxylic acid groups (broad SMARTS) is 1. The molecule has 104 valence electrons. The van der Waals surface area contributed by atoms with Crippen molar-refractivity contribution in [3.8, 4) is 0 Å². The van der Waals surface area contributed by atoms with Gasteiger partial charge in [-0.2, -0.15) is 11.8 Å². The van der Waals surface area contributed by atoms with Gasteiger partial charge in [-0.25, -0.2) is 0 Å². The largest absolute Gasteiger partial charge is 0.480 e. The zero-order valence-corrected chi connectivity index (χ0v) is 11.1. The summed E-state index contributed by atoms with van der Waals surface area (Å²) >= 11 is 1.41. The summed E-state index contributed by atoms with van der Waals surface area (Å²) in [4.78, 5) is 22.0. The van der Waals surface area contributed by atoms with E-state index in [4.69, 9.17) is 15.6 Å². The van der Waals surface area contributed by atoms with Gasteiger partial charge in [-0.15, -0.1) is 0 Å². The van der Waals surface area contributed by atoms with Gasteiger partial charge in [0.1, 0.15) is 6.04 Å². The minimum Gasteiger partial charge on any atom is -0.480 e. The van der Waals surface area contributed by atoms with Crippen molar-refractivity contribution in [2.75, 3.05) is 24.7 Å². The number of aliphatic carboxylic acids is 1. The Bertz CT molecular complexity index is 282. The minimum absolute atomic E-state index is 0.00389. The van der Waals surface area contributed by atoms with E-state index in [1.807, 2.05) is 0 Å². The number of nitrogens with one attached hydrogen (secondary N) is 1. The van der Waals surface area contributed by atoms with E-state index in [2.05, 4.69) is 5.32 Å². The van der Waals surface area contributed by atoms with Crippen LogP contribution in [0.25, 0.3) is 0 Å². The number of hydrogen-bond donors (Lipinski definition) is 3.